The van der Waals surface area contributed by atoms with Gasteiger partial charge in [-0.05, 0) is 25.3 Å². The number of rotatable bonds is 4. The molecule has 0 radical (unpaired) electrons. The van der Waals surface area contributed by atoms with Crippen molar-refractivity contribution in [1.29, 1.82) is 5.26 Å². The third-order valence-electron chi connectivity index (χ3n) is 6.55. The Kier molecular flexibility index (Phi) is 4.65. The number of aromatic hydroxyl groups is 1. The summed E-state index contributed by atoms with van der Waals surface area (Å²) < 4.78 is 1.67. The maximum absolute atomic E-state index is 12.6. The Morgan fingerprint density at radius 2 is 2.06 bits per heavy atom. The minimum absolute atomic E-state index is 0.0759. The highest BCUT2D eigenvalue weighted by atomic mass is 16.3. The lowest BCUT2D eigenvalue weighted by Gasteiger charge is -2.35. The number of carbonyl (C=O) groups excluding carboxylic acids is 1. The molecule has 2 aliphatic carbocycles. The van der Waals surface area contributed by atoms with Crippen LogP contribution in [0.4, 0.5) is 5.82 Å². The van der Waals surface area contributed by atoms with Crippen molar-refractivity contribution in [3.63, 3.8) is 0 Å². The largest absolute Gasteiger partial charge is 0.493 e. The molecule has 0 bridgehead atoms. The topological polar surface area (TPSA) is 159 Å². The first kappa shape index (κ1) is 20.5. The highest BCUT2D eigenvalue weighted by Crippen LogP contribution is 2.39. The van der Waals surface area contributed by atoms with E-state index in [4.69, 9.17) is 15.2 Å². The molecule has 1 aliphatic heterocycles. The summed E-state index contributed by atoms with van der Waals surface area (Å²) in [6, 6.07) is 4.38. The van der Waals surface area contributed by atoms with Crippen LogP contribution in [0, 0.1) is 23.2 Å². The Bertz CT molecular complexity index is 1500. The van der Waals surface area contributed by atoms with Crippen LogP contribution < -0.4 is 21.3 Å². The zero-order valence-corrected chi connectivity index (χ0v) is 18.3. The summed E-state index contributed by atoms with van der Waals surface area (Å²) in [5.74, 6) is 0.288. The average molecular weight is 461 g/mol. The van der Waals surface area contributed by atoms with E-state index >= 15 is 0 Å². The minimum Gasteiger partial charge on any atom is -0.493 e. The lowest BCUT2D eigenvalue weighted by Crippen LogP contribution is -2.50. The molecular formula is C22H23N9O3. The zero-order chi connectivity index (χ0) is 23.4. The smallest absolute Gasteiger partial charge is 0.326 e. The number of hydrogen-bond donors (Lipinski definition) is 3. The first-order chi connectivity index (χ1) is 16.5. The predicted molar refractivity (Wildman–Crippen MR) is 119 cm³/mol. The van der Waals surface area contributed by atoms with Gasteiger partial charge in [0.15, 0.2) is 11.1 Å². The normalized spacial score (nSPS) is 23.5. The molecule has 174 valence electrons. The highest BCUT2D eigenvalue weighted by molar-refractivity contribution is 5.82. The van der Waals surface area contributed by atoms with E-state index in [0.717, 1.165) is 18.7 Å². The molecule has 12 heteroatoms. The molecule has 1 saturated heterocycles. The Morgan fingerprint density at radius 3 is 2.71 bits per heavy atom. The van der Waals surface area contributed by atoms with Crippen LogP contribution >= 0.6 is 0 Å². The van der Waals surface area contributed by atoms with Gasteiger partial charge in [0.25, 0.3) is 0 Å². The predicted octanol–water partition coefficient (Wildman–Crippen LogP) is -1.13. The summed E-state index contributed by atoms with van der Waals surface area (Å²) in [7, 11) is 0. The molecule has 3 aliphatic rings. The van der Waals surface area contributed by atoms with Gasteiger partial charge in [0.1, 0.15) is 11.5 Å². The third kappa shape index (κ3) is 3.68. The molecule has 4 heterocycles. The van der Waals surface area contributed by atoms with Crippen molar-refractivity contribution < 1.29 is 9.90 Å². The van der Waals surface area contributed by atoms with Crippen LogP contribution in [0.15, 0.2) is 22.1 Å². The van der Waals surface area contributed by atoms with Crippen molar-refractivity contribution in [1.82, 2.24) is 29.5 Å². The fraction of sp³-hybridized carbons (Fsp3) is 0.455. The number of H-pyrrole nitrogens is 2. The van der Waals surface area contributed by atoms with Crippen molar-refractivity contribution in [2.24, 2.45) is 16.8 Å². The molecular weight excluding hydrogens is 438 g/mol. The third-order valence-corrected chi connectivity index (χ3v) is 6.55. The van der Waals surface area contributed by atoms with Crippen molar-refractivity contribution in [3.05, 3.63) is 39.1 Å². The number of hydrogen-bond acceptors (Lipinski definition) is 8. The number of imidazole rings is 1. The van der Waals surface area contributed by atoms with Crippen LogP contribution in [0.1, 0.15) is 25.0 Å². The molecule has 2 atom stereocenters. The monoisotopic (exact) mass is 461 g/mol. The van der Waals surface area contributed by atoms with Crippen molar-refractivity contribution in [2.45, 2.75) is 25.3 Å². The molecule has 0 spiro atoms. The fourth-order valence-corrected chi connectivity index (χ4v) is 4.35. The molecule has 3 aromatic heterocycles. The number of aromatic nitrogens is 5. The Balaban J connectivity index is 1.33. The molecule has 12 nitrogen and oxygen atoms in total. The number of nitrogens with one attached hydrogen (secondary N) is 2. The van der Waals surface area contributed by atoms with E-state index in [9.17, 15) is 14.7 Å². The molecule has 3 aromatic rings. The first-order valence-electron chi connectivity index (χ1n) is 11.4. The lowest BCUT2D eigenvalue weighted by atomic mass is 10.2. The van der Waals surface area contributed by atoms with Gasteiger partial charge in [-0.2, -0.15) is 14.9 Å². The van der Waals surface area contributed by atoms with Gasteiger partial charge in [0, 0.05) is 37.5 Å². The first-order valence-corrected chi connectivity index (χ1v) is 11.4. The second-order valence-corrected chi connectivity index (χ2v) is 9.04. The van der Waals surface area contributed by atoms with Crippen molar-refractivity contribution >= 4 is 23.4 Å². The standard InChI is InChI=1S/C22H23N9O3/c23-10-12-7-15(12)21(33)30-5-3-29(4-6-30)17-9-18(25-14-1-2-14)31-19(27-17)13(11-24-31)8-16-20(32)28-22(34)26-16/h8-9,11-12,14-15,32H,1-7H2,(H2,26,28,34)/b13-8+,25-18?. The van der Waals surface area contributed by atoms with E-state index in [2.05, 4.69) is 26.0 Å². The van der Waals surface area contributed by atoms with Crippen LogP contribution in [0.5, 0.6) is 5.88 Å². The van der Waals surface area contributed by atoms with Crippen molar-refractivity contribution in [2.75, 3.05) is 31.1 Å². The Hall–Kier alpha value is -4.14. The minimum atomic E-state index is -0.502. The molecule has 3 fully saturated rings. The average Bonchev–Trinajstić information content (AvgIpc) is 3.75. The van der Waals surface area contributed by atoms with Crippen LogP contribution in [-0.2, 0) is 4.79 Å². The summed E-state index contributed by atoms with van der Waals surface area (Å²) in [6.45, 7) is 2.40. The summed E-state index contributed by atoms with van der Waals surface area (Å²) in [5.41, 5.74) is 1.00. The number of carbonyl (C=O) groups is 1. The number of piperazine rings is 1. The van der Waals surface area contributed by atoms with Gasteiger partial charge >= 0.3 is 5.69 Å². The zero-order valence-electron chi connectivity index (χ0n) is 18.3. The van der Waals surface area contributed by atoms with Gasteiger partial charge in [-0.25, -0.2) is 9.78 Å². The van der Waals surface area contributed by atoms with Gasteiger partial charge in [-0.1, -0.05) is 0 Å². The quantitative estimate of drug-likeness (QED) is 0.443. The molecule has 3 N–H and O–H groups in total. The second-order valence-electron chi connectivity index (χ2n) is 9.04. The number of nitrogens with zero attached hydrogens (tertiary/aromatic N) is 7. The molecule has 34 heavy (non-hydrogen) atoms. The molecule has 0 aromatic carbocycles. The van der Waals surface area contributed by atoms with Crippen molar-refractivity contribution in [3.8, 4) is 11.9 Å². The molecule has 2 saturated carbocycles. The van der Waals surface area contributed by atoms with Gasteiger partial charge < -0.3 is 19.9 Å². The molecule has 1 amide bonds. The van der Waals surface area contributed by atoms with Crippen LogP contribution in [0.3, 0.4) is 0 Å². The Labute approximate surface area is 192 Å². The van der Waals surface area contributed by atoms with Crippen LogP contribution in [0.25, 0.3) is 11.7 Å². The van der Waals surface area contributed by atoms with Crippen LogP contribution in [-0.4, -0.2) is 72.7 Å². The summed E-state index contributed by atoms with van der Waals surface area (Å²) in [6.07, 6.45) is 6.00. The van der Waals surface area contributed by atoms with Gasteiger partial charge in [-0.15, -0.1) is 0 Å². The van der Waals surface area contributed by atoms with E-state index in [0.29, 0.717) is 49.0 Å². The second kappa shape index (κ2) is 7.72. The van der Waals surface area contributed by atoms with Gasteiger partial charge in [-0.3, -0.25) is 14.8 Å². The van der Waals surface area contributed by atoms with Gasteiger partial charge in [0.05, 0.1) is 30.1 Å². The van der Waals surface area contributed by atoms with Crippen LogP contribution in [0.2, 0.25) is 0 Å². The van der Waals surface area contributed by atoms with E-state index in [1.807, 2.05) is 11.0 Å². The van der Waals surface area contributed by atoms with E-state index in [1.165, 1.54) is 0 Å². The summed E-state index contributed by atoms with van der Waals surface area (Å²) in [5, 5.41) is 24.0. The van der Waals surface area contributed by atoms with E-state index in [-0.39, 0.29) is 35.4 Å². The van der Waals surface area contributed by atoms with E-state index in [1.54, 1.807) is 16.8 Å². The highest BCUT2D eigenvalue weighted by Gasteiger charge is 2.45. The number of amides is 1. The number of nitriles is 1. The number of aromatic amines is 2. The van der Waals surface area contributed by atoms with Gasteiger partial charge in [0.2, 0.25) is 11.8 Å². The SMILES string of the molecule is N#CC1CC1C(=O)N1CCN(c2cc(=NC3CC3)n3nc/c(=C\c4[nH]c(=O)[nH]c4O)c3n2)CC1. The number of fused-ring (bicyclic) bond motifs is 1. The van der Waals surface area contributed by atoms with E-state index < -0.39 is 5.69 Å². The summed E-state index contributed by atoms with van der Waals surface area (Å²) in [4.78, 5) is 42.5. The summed E-state index contributed by atoms with van der Waals surface area (Å²) >= 11 is 0. The Morgan fingerprint density at radius 1 is 1.26 bits per heavy atom. The molecule has 6 rings (SSSR count). The lowest BCUT2D eigenvalue weighted by molar-refractivity contribution is -0.133. The molecule has 2 unspecified atom stereocenters. The number of anilines is 1. The maximum Gasteiger partial charge on any atom is 0.326 e. The fourth-order valence-electron chi connectivity index (χ4n) is 4.35. The maximum atomic E-state index is 12.6.